The Kier molecular flexibility index (Phi) is 9.39. The van der Waals surface area contributed by atoms with Gasteiger partial charge in [0.25, 0.3) is 0 Å². The third kappa shape index (κ3) is 7.20. The molecule has 0 radical (unpaired) electrons. The number of carbonyl (C=O) groups is 2. The first-order valence-corrected chi connectivity index (χ1v) is 14.8. The smallest absolute Gasteiger partial charge is 0.311 e. The Morgan fingerprint density at radius 1 is 1.06 bits per heavy atom. The number of rotatable bonds is 12. The van der Waals surface area contributed by atoms with Crippen LogP contribution in [0, 0.1) is 16.7 Å². The molecule has 0 saturated carbocycles. The molecule has 2 aromatic rings. The number of nitrogens with two attached hydrogens (primary N) is 1. The molecule has 0 aliphatic rings. The molecular weight excluding hydrogens is 487 g/mol. The quantitative estimate of drug-likeness (QED) is 0.290. The van der Waals surface area contributed by atoms with E-state index in [1.807, 2.05) is 0 Å². The van der Waals surface area contributed by atoms with Crippen molar-refractivity contribution in [3.8, 4) is 11.5 Å². The molecule has 2 N–H and O–H groups in total. The standard InChI is InChI=1S/C25H39N2O6PS/c1-9-31-21(28)24(5,6)14-34(30,15-25(7,8)22(29)32-10-2)19-12-11-17(33-19)20-18(13-16(3)4)35-23(26)27-20/h11-12,16H,9-10,13-15H2,1-8H3,(H2,26,27). The molecule has 35 heavy (non-hydrogen) atoms. The summed E-state index contributed by atoms with van der Waals surface area (Å²) in [4.78, 5) is 30.8. The number of aromatic nitrogens is 1. The number of hydrogen-bond acceptors (Lipinski definition) is 9. The van der Waals surface area contributed by atoms with Crippen molar-refractivity contribution in [2.75, 3.05) is 31.3 Å². The topological polar surface area (TPSA) is 122 Å². The zero-order chi connectivity index (χ0) is 26.6. The van der Waals surface area contributed by atoms with Crippen LogP contribution in [-0.2, 0) is 30.0 Å². The van der Waals surface area contributed by atoms with E-state index in [2.05, 4.69) is 18.8 Å². The Morgan fingerprint density at radius 3 is 2.03 bits per heavy atom. The van der Waals surface area contributed by atoms with Crippen LogP contribution in [0.5, 0.6) is 0 Å². The lowest BCUT2D eigenvalue weighted by Crippen LogP contribution is -2.37. The summed E-state index contributed by atoms with van der Waals surface area (Å²) in [6, 6.07) is 3.39. The molecule has 0 aliphatic heterocycles. The fraction of sp³-hybridized carbons (Fsp3) is 0.640. The monoisotopic (exact) mass is 526 g/mol. The van der Waals surface area contributed by atoms with E-state index in [0.717, 1.165) is 11.3 Å². The van der Waals surface area contributed by atoms with Gasteiger partial charge in [0.1, 0.15) is 5.69 Å². The van der Waals surface area contributed by atoms with Crippen molar-refractivity contribution in [3.63, 3.8) is 0 Å². The Morgan fingerprint density at radius 2 is 1.57 bits per heavy atom. The van der Waals surface area contributed by atoms with Crippen LogP contribution in [0.1, 0.15) is 60.3 Å². The lowest BCUT2D eigenvalue weighted by molar-refractivity contribution is -0.152. The molecule has 196 valence electrons. The van der Waals surface area contributed by atoms with E-state index in [4.69, 9.17) is 19.6 Å². The molecule has 8 nitrogen and oxygen atoms in total. The fourth-order valence-electron chi connectivity index (χ4n) is 4.02. The minimum Gasteiger partial charge on any atom is -0.466 e. The summed E-state index contributed by atoms with van der Waals surface area (Å²) in [5.41, 5.74) is 4.74. The van der Waals surface area contributed by atoms with Crippen molar-refractivity contribution in [2.24, 2.45) is 16.7 Å². The first kappa shape index (κ1) is 29.1. The summed E-state index contributed by atoms with van der Waals surface area (Å²) < 4.78 is 31.2. The van der Waals surface area contributed by atoms with Crippen LogP contribution in [0.3, 0.4) is 0 Å². The molecule has 0 saturated heterocycles. The summed E-state index contributed by atoms with van der Waals surface area (Å²) in [5, 5.41) is 0.434. The molecule has 0 amide bonds. The largest absolute Gasteiger partial charge is 0.466 e. The number of carbonyl (C=O) groups excluding carboxylic acids is 2. The van der Waals surface area contributed by atoms with Crippen LogP contribution in [0.25, 0.3) is 11.5 Å². The van der Waals surface area contributed by atoms with Crippen LogP contribution in [0.15, 0.2) is 16.5 Å². The van der Waals surface area contributed by atoms with E-state index >= 15 is 0 Å². The van der Waals surface area contributed by atoms with Gasteiger partial charge in [-0.2, -0.15) is 0 Å². The average Bonchev–Trinajstić information content (AvgIpc) is 3.34. The Labute approximate surface area is 212 Å². The van der Waals surface area contributed by atoms with Crippen molar-refractivity contribution in [3.05, 3.63) is 17.0 Å². The molecule has 2 heterocycles. The van der Waals surface area contributed by atoms with Gasteiger partial charge < -0.3 is 24.2 Å². The zero-order valence-electron chi connectivity index (χ0n) is 22.1. The lowest BCUT2D eigenvalue weighted by Gasteiger charge is -2.31. The molecule has 0 fully saturated rings. The maximum absolute atomic E-state index is 14.6. The first-order chi connectivity index (χ1) is 16.1. The van der Waals surface area contributed by atoms with E-state index in [9.17, 15) is 14.2 Å². The lowest BCUT2D eigenvalue weighted by atomic mass is 9.96. The highest BCUT2D eigenvalue weighted by Gasteiger charge is 2.46. The van der Waals surface area contributed by atoms with Crippen LogP contribution >= 0.6 is 18.5 Å². The average molecular weight is 527 g/mol. The second-order valence-corrected chi connectivity index (χ2v) is 14.4. The van der Waals surface area contributed by atoms with Gasteiger partial charge in [0.15, 0.2) is 23.5 Å². The maximum atomic E-state index is 14.6. The van der Waals surface area contributed by atoms with Crippen LogP contribution < -0.4 is 11.2 Å². The highest BCUT2D eigenvalue weighted by atomic mass is 32.1. The Balaban J connectivity index is 2.54. The predicted molar refractivity (Wildman–Crippen MR) is 141 cm³/mol. The van der Waals surface area contributed by atoms with Gasteiger partial charge in [-0.15, -0.1) is 11.3 Å². The Bertz CT molecular complexity index is 1050. The van der Waals surface area contributed by atoms with Crippen molar-refractivity contribution in [2.45, 2.75) is 61.8 Å². The number of nitrogens with zero attached hydrogens (tertiary/aromatic N) is 1. The maximum Gasteiger partial charge on any atom is 0.311 e. The molecule has 2 rings (SSSR count). The van der Waals surface area contributed by atoms with Crippen LogP contribution in [-0.4, -0.2) is 42.5 Å². The molecule has 0 unspecified atom stereocenters. The van der Waals surface area contributed by atoms with Gasteiger partial charge in [-0.3, -0.25) is 9.59 Å². The van der Waals surface area contributed by atoms with Crippen LogP contribution in [0.2, 0.25) is 0 Å². The third-order valence-corrected chi connectivity index (χ3v) is 10.0. The van der Waals surface area contributed by atoms with Crippen molar-refractivity contribution in [1.82, 2.24) is 4.98 Å². The van der Waals surface area contributed by atoms with Gasteiger partial charge in [-0.1, -0.05) is 13.8 Å². The highest BCUT2D eigenvalue weighted by molar-refractivity contribution is 7.71. The third-order valence-electron chi connectivity index (χ3n) is 5.49. The molecule has 10 heteroatoms. The number of esters is 2. The summed E-state index contributed by atoms with van der Waals surface area (Å²) in [6.07, 6.45) is 0.739. The molecule has 2 aromatic heterocycles. The van der Waals surface area contributed by atoms with E-state index in [-0.39, 0.29) is 31.0 Å². The zero-order valence-corrected chi connectivity index (χ0v) is 23.8. The van der Waals surface area contributed by atoms with E-state index in [1.54, 1.807) is 53.7 Å². The number of thiazole rings is 1. The molecule has 0 spiro atoms. The number of ether oxygens (including phenoxy) is 2. The first-order valence-electron chi connectivity index (χ1n) is 11.9. The molecule has 0 aromatic carbocycles. The van der Waals surface area contributed by atoms with Gasteiger partial charge in [0, 0.05) is 17.2 Å². The molecule has 0 atom stereocenters. The molecular formula is C25H39N2O6PS. The van der Waals surface area contributed by atoms with E-state index in [0.29, 0.717) is 22.5 Å². The SMILES string of the molecule is CCOC(=O)C(C)(C)CP(=O)(CC(C)(C)C(=O)OCC)c1ccc(-c2nc(N)sc2CC(C)C)o1. The number of furan rings is 1. The summed E-state index contributed by atoms with van der Waals surface area (Å²) in [6.45, 7) is 14.9. The minimum atomic E-state index is -3.43. The van der Waals surface area contributed by atoms with Gasteiger partial charge in [0.05, 0.1) is 24.0 Å². The summed E-state index contributed by atoms with van der Waals surface area (Å²) in [5.74, 6) is -0.0449. The van der Waals surface area contributed by atoms with Gasteiger partial charge in [0.2, 0.25) is 0 Å². The number of hydrogen-bond donors (Lipinski definition) is 1. The fourth-order valence-corrected chi connectivity index (χ4v) is 8.91. The van der Waals surface area contributed by atoms with E-state index < -0.39 is 29.9 Å². The second-order valence-electron chi connectivity index (χ2n) is 10.5. The predicted octanol–water partition coefficient (Wildman–Crippen LogP) is 5.35. The highest BCUT2D eigenvalue weighted by Crippen LogP contribution is 2.54. The minimum absolute atomic E-state index is 0.0212. The van der Waals surface area contributed by atoms with Crippen molar-refractivity contribution in [1.29, 1.82) is 0 Å². The van der Waals surface area contributed by atoms with Crippen molar-refractivity contribution >= 4 is 41.1 Å². The molecule has 0 bridgehead atoms. The Hall–Kier alpha value is -2.12. The van der Waals surface area contributed by atoms with Gasteiger partial charge >= 0.3 is 11.9 Å². The number of anilines is 1. The molecule has 0 aliphatic carbocycles. The normalized spacial score (nSPS) is 12.7. The van der Waals surface area contributed by atoms with Crippen LogP contribution in [0.4, 0.5) is 5.13 Å². The van der Waals surface area contributed by atoms with Gasteiger partial charge in [-0.05, 0) is 66.0 Å². The van der Waals surface area contributed by atoms with Gasteiger partial charge in [-0.25, -0.2) is 4.98 Å². The number of nitrogen functional groups attached to an aromatic ring is 1. The summed E-state index contributed by atoms with van der Waals surface area (Å²) >= 11 is 1.41. The second kappa shape index (κ2) is 11.3. The summed E-state index contributed by atoms with van der Waals surface area (Å²) in [7, 11) is -3.43. The van der Waals surface area contributed by atoms with E-state index in [1.165, 1.54) is 11.3 Å². The van der Waals surface area contributed by atoms with Crippen molar-refractivity contribution < 1.29 is 28.0 Å².